The van der Waals surface area contributed by atoms with Gasteiger partial charge in [0.2, 0.25) is 5.89 Å². The zero-order valence-electron chi connectivity index (χ0n) is 15.2. The van der Waals surface area contributed by atoms with E-state index in [2.05, 4.69) is 30.8 Å². The highest BCUT2D eigenvalue weighted by atomic mass is 127. The smallest absolute Gasteiger partial charge is 0.226 e. The molecular formula is C19H20IN7O. The first kappa shape index (κ1) is 19.8. The first-order valence-corrected chi connectivity index (χ1v) is 8.56. The Morgan fingerprint density at radius 2 is 1.82 bits per heavy atom. The Bertz CT molecular complexity index is 1060. The number of halogens is 1. The predicted molar refractivity (Wildman–Crippen MR) is 117 cm³/mol. The summed E-state index contributed by atoms with van der Waals surface area (Å²) < 4.78 is 7.49. The highest BCUT2D eigenvalue weighted by molar-refractivity contribution is 14.0. The van der Waals surface area contributed by atoms with Crippen LogP contribution in [0.5, 0.6) is 0 Å². The lowest BCUT2D eigenvalue weighted by Gasteiger charge is -2.09. The topological polar surface area (TPSA) is 92.6 Å². The molecule has 3 aromatic heterocycles. The normalized spacial score (nSPS) is 11.2. The number of nitrogens with one attached hydrogen (secondary N) is 2. The second-order valence-corrected chi connectivity index (χ2v) is 5.83. The van der Waals surface area contributed by atoms with Gasteiger partial charge in [0.05, 0.1) is 18.8 Å². The number of hydrogen-bond acceptors (Lipinski definition) is 5. The number of guanidine groups is 1. The van der Waals surface area contributed by atoms with Crippen molar-refractivity contribution >= 4 is 35.6 Å². The third kappa shape index (κ3) is 4.47. The van der Waals surface area contributed by atoms with Crippen molar-refractivity contribution in [1.29, 1.82) is 0 Å². The molecule has 3 heterocycles. The third-order valence-electron chi connectivity index (χ3n) is 4.03. The van der Waals surface area contributed by atoms with E-state index in [9.17, 15) is 0 Å². The van der Waals surface area contributed by atoms with E-state index >= 15 is 0 Å². The maximum Gasteiger partial charge on any atom is 0.226 e. The number of aliphatic imine (C=N–C) groups is 1. The molecule has 0 fully saturated rings. The molecule has 0 aliphatic carbocycles. The first-order valence-electron chi connectivity index (χ1n) is 8.56. The Hall–Kier alpha value is -2.95. The molecule has 0 aliphatic rings. The van der Waals surface area contributed by atoms with Gasteiger partial charge in [0.1, 0.15) is 6.26 Å². The zero-order valence-corrected chi connectivity index (χ0v) is 17.6. The molecule has 0 aliphatic heterocycles. The van der Waals surface area contributed by atoms with Crippen LogP contribution in [0.3, 0.4) is 0 Å². The van der Waals surface area contributed by atoms with Crippen LogP contribution in [-0.2, 0) is 13.1 Å². The largest absolute Gasteiger partial charge is 0.444 e. The number of pyridine rings is 1. The lowest BCUT2D eigenvalue weighted by Crippen LogP contribution is -2.36. The molecule has 144 valence electrons. The number of hydrogen-bond donors (Lipinski definition) is 2. The van der Waals surface area contributed by atoms with E-state index in [1.54, 1.807) is 13.3 Å². The van der Waals surface area contributed by atoms with Crippen LogP contribution in [0.4, 0.5) is 0 Å². The quantitative estimate of drug-likeness (QED) is 0.255. The van der Waals surface area contributed by atoms with Gasteiger partial charge in [-0.3, -0.25) is 9.39 Å². The molecule has 28 heavy (non-hydrogen) atoms. The number of aromatic nitrogens is 4. The summed E-state index contributed by atoms with van der Waals surface area (Å²) in [5.74, 6) is 2.05. The van der Waals surface area contributed by atoms with Crippen molar-refractivity contribution in [3.05, 3.63) is 72.5 Å². The summed E-state index contributed by atoms with van der Waals surface area (Å²) in [5, 5.41) is 14.8. The van der Waals surface area contributed by atoms with E-state index in [-0.39, 0.29) is 24.0 Å². The molecule has 0 atom stereocenters. The molecule has 0 saturated heterocycles. The van der Waals surface area contributed by atoms with E-state index in [1.165, 1.54) is 0 Å². The Morgan fingerprint density at radius 3 is 2.64 bits per heavy atom. The zero-order chi connectivity index (χ0) is 18.5. The lowest BCUT2D eigenvalue weighted by atomic mass is 10.2. The molecule has 0 bridgehead atoms. The van der Waals surface area contributed by atoms with Gasteiger partial charge in [-0.2, -0.15) is 0 Å². The molecule has 4 rings (SSSR count). The predicted octanol–water partition coefficient (Wildman–Crippen LogP) is 2.87. The summed E-state index contributed by atoms with van der Waals surface area (Å²) in [5.41, 5.74) is 2.56. The van der Waals surface area contributed by atoms with Gasteiger partial charge in [-0.25, -0.2) is 4.98 Å². The van der Waals surface area contributed by atoms with Crippen LogP contribution < -0.4 is 10.6 Å². The van der Waals surface area contributed by atoms with E-state index in [1.807, 2.05) is 59.1 Å². The highest BCUT2D eigenvalue weighted by Gasteiger charge is 2.08. The van der Waals surface area contributed by atoms with Crippen LogP contribution in [0.15, 0.2) is 70.4 Å². The van der Waals surface area contributed by atoms with Gasteiger partial charge in [-0.1, -0.05) is 24.3 Å². The van der Waals surface area contributed by atoms with E-state index in [4.69, 9.17) is 4.42 Å². The Labute approximate surface area is 179 Å². The fourth-order valence-corrected chi connectivity index (χ4v) is 2.67. The van der Waals surface area contributed by atoms with Gasteiger partial charge >= 0.3 is 0 Å². The number of benzene rings is 1. The van der Waals surface area contributed by atoms with Crippen LogP contribution in [0, 0.1) is 0 Å². The highest BCUT2D eigenvalue weighted by Crippen LogP contribution is 2.17. The van der Waals surface area contributed by atoms with Gasteiger partial charge < -0.3 is 15.1 Å². The van der Waals surface area contributed by atoms with Crippen LogP contribution in [-0.4, -0.2) is 32.6 Å². The Morgan fingerprint density at radius 1 is 1.04 bits per heavy atom. The lowest BCUT2D eigenvalue weighted by molar-refractivity contribution is 0.572. The van der Waals surface area contributed by atoms with Crippen LogP contribution in [0.25, 0.3) is 17.1 Å². The van der Waals surface area contributed by atoms with Crippen molar-refractivity contribution in [2.75, 3.05) is 7.05 Å². The van der Waals surface area contributed by atoms with Crippen molar-refractivity contribution in [1.82, 2.24) is 30.2 Å². The second-order valence-electron chi connectivity index (χ2n) is 5.83. The van der Waals surface area contributed by atoms with Crippen LogP contribution in [0.1, 0.15) is 11.5 Å². The maximum atomic E-state index is 5.55. The van der Waals surface area contributed by atoms with E-state index in [0.717, 1.165) is 22.7 Å². The fraction of sp³-hybridized carbons (Fsp3) is 0.158. The number of oxazole rings is 1. The molecule has 0 spiro atoms. The summed E-state index contributed by atoms with van der Waals surface area (Å²) in [6.07, 6.45) is 3.58. The van der Waals surface area contributed by atoms with Gasteiger partial charge in [0.25, 0.3) is 0 Å². The number of fused-ring (bicyclic) bond motifs is 1. The molecule has 0 unspecified atom stereocenters. The minimum atomic E-state index is 0. The molecule has 9 heteroatoms. The summed E-state index contributed by atoms with van der Waals surface area (Å²) in [6, 6.07) is 15.6. The molecule has 4 aromatic rings. The van der Waals surface area contributed by atoms with Crippen molar-refractivity contribution in [3.8, 4) is 11.5 Å². The minimum absolute atomic E-state index is 0. The summed E-state index contributed by atoms with van der Waals surface area (Å²) in [6.45, 7) is 0.996. The van der Waals surface area contributed by atoms with Crippen molar-refractivity contribution in [2.45, 2.75) is 13.1 Å². The van der Waals surface area contributed by atoms with Gasteiger partial charge in [0, 0.05) is 18.8 Å². The van der Waals surface area contributed by atoms with Crippen LogP contribution >= 0.6 is 24.0 Å². The van der Waals surface area contributed by atoms with Gasteiger partial charge in [0.15, 0.2) is 17.4 Å². The van der Waals surface area contributed by atoms with Crippen LogP contribution in [0.2, 0.25) is 0 Å². The van der Waals surface area contributed by atoms with Gasteiger partial charge in [-0.15, -0.1) is 34.2 Å². The second kappa shape index (κ2) is 9.31. The first-order chi connectivity index (χ1) is 13.3. The standard InChI is InChI=1S/C19H19N7O.HI/c1-20-19(22-12-17-25-24-16-9-5-6-10-26(16)17)21-11-15-13-27-18(23-15)14-7-3-2-4-8-14;/h2-10,13H,11-12H2,1H3,(H2,20,21,22);1H. The summed E-state index contributed by atoms with van der Waals surface area (Å²) in [7, 11) is 1.72. The summed E-state index contributed by atoms with van der Waals surface area (Å²) in [4.78, 5) is 8.73. The van der Waals surface area contributed by atoms with Crippen molar-refractivity contribution in [2.24, 2.45) is 4.99 Å². The Balaban J connectivity index is 0.00000225. The SMILES string of the molecule is CN=C(NCc1coc(-c2ccccc2)n1)NCc1nnc2ccccn12.I. The molecule has 0 radical (unpaired) electrons. The van der Waals surface area contributed by atoms with Gasteiger partial charge in [-0.05, 0) is 24.3 Å². The monoisotopic (exact) mass is 489 g/mol. The maximum absolute atomic E-state index is 5.55. The average Bonchev–Trinajstić information content (AvgIpc) is 3.36. The van der Waals surface area contributed by atoms with Crippen molar-refractivity contribution < 1.29 is 4.42 Å². The fourth-order valence-electron chi connectivity index (χ4n) is 2.67. The molecule has 0 saturated carbocycles. The average molecular weight is 489 g/mol. The summed E-state index contributed by atoms with van der Waals surface area (Å²) >= 11 is 0. The van der Waals surface area contributed by atoms with Crippen molar-refractivity contribution in [3.63, 3.8) is 0 Å². The molecule has 0 amide bonds. The minimum Gasteiger partial charge on any atom is -0.444 e. The number of nitrogens with zero attached hydrogens (tertiary/aromatic N) is 5. The molecular weight excluding hydrogens is 469 g/mol. The molecule has 1 aromatic carbocycles. The number of rotatable bonds is 5. The third-order valence-corrected chi connectivity index (χ3v) is 4.03. The van der Waals surface area contributed by atoms with E-state index < -0.39 is 0 Å². The molecule has 2 N–H and O–H groups in total. The Kier molecular flexibility index (Phi) is 6.58. The van der Waals surface area contributed by atoms with E-state index in [0.29, 0.717) is 24.9 Å². The molecule has 8 nitrogen and oxygen atoms in total.